The predicted molar refractivity (Wildman–Crippen MR) is 116 cm³/mol. The van der Waals surface area contributed by atoms with Gasteiger partial charge in [-0.3, -0.25) is 9.36 Å². The molecule has 0 amide bonds. The van der Waals surface area contributed by atoms with Crippen LogP contribution in [0, 0.1) is 6.92 Å². The van der Waals surface area contributed by atoms with E-state index in [1.807, 2.05) is 23.8 Å². The summed E-state index contributed by atoms with van der Waals surface area (Å²) in [5.74, 6) is 0.640. The van der Waals surface area contributed by atoms with Crippen molar-refractivity contribution in [1.29, 1.82) is 0 Å². The number of nitrogens with zero attached hydrogens (tertiary/aromatic N) is 5. The summed E-state index contributed by atoms with van der Waals surface area (Å²) >= 11 is 1.77. The topological polar surface area (TPSA) is 66.3 Å². The van der Waals surface area contributed by atoms with E-state index in [1.165, 1.54) is 12.8 Å². The Labute approximate surface area is 170 Å². The molecule has 8 heteroatoms. The average Bonchev–Trinajstić information content (AvgIpc) is 3.18. The van der Waals surface area contributed by atoms with Crippen molar-refractivity contribution in [1.82, 2.24) is 23.1 Å². The van der Waals surface area contributed by atoms with Crippen molar-refractivity contribution in [2.75, 3.05) is 32.5 Å². The second kappa shape index (κ2) is 8.39. The third-order valence-electron chi connectivity index (χ3n) is 5.71. The van der Waals surface area contributed by atoms with Gasteiger partial charge in [0.15, 0.2) is 0 Å². The molecule has 152 valence electrons. The zero-order chi connectivity index (χ0) is 19.7. The first-order chi connectivity index (χ1) is 13.5. The van der Waals surface area contributed by atoms with Gasteiger partial charge in [-0.2, -0.15) is 4.98 Å². The summed E-state index contributed by atoms with van der Waals surface area (Å²) in [5, 5.41) is 4.46. The fourth-order valence-electron chi connectivity index (χ4n) is 4.32. The third-order valence-corrected chi connectivity index (χ3v) is 6.63. The molecule has 2 aromatic heterocycles. The van der Waals surface area contributed by atoms with Crippen molar-refractivity contribution in [2.24, 2.45) is 0 Å². The molecular weight excluding hydrogens is 372 g/mol. The number of rotatable bonds is 5. The molecular formula is C20H30N6OS. The highest BCUT2D eigenvalue weighted by Crippen LogP contribution is 2.31. The first-order valence-electron chi connectivity index (χ1n) is 10.3. The first-order valence-corrected chi connectivity index (χ1v) is 11.0. The Morgan fingerprint density at radius 3 is 2.57 bits per heavy atom. The van der Waals surface area contributed by atoms with Crippen LogP contribution >= 0.6 is 12.1 Å². The SMILES string of the molecule is Cc1cc2cnc(NC3CCN(SN(C)C)CC3)nc2n(C2CCCC2)c1=O. The molecule has 4 rings (SSSR count). The molecule has 0 bridgehead atoms. The van der Waals surface area contributed by atoms with Crippen LogP contribution in [-0.2, 0) is 0 Å². The molecule has 1 saturated heterocycles. The van der Waals surface area contributed by atoms with Crippen molar-refractivity contribution >= 4 is 29.1 Å². The quantitative estimate of drug-likeness (QED) is 0.770. The van der Waals surface area contributed by atoms with Crippen molar-refractivity contribution in [3.8, 4) is 0 Å². The van der Waals surface area contributed by atoms with Gasteiger partial charge in [0.05, 0.1) is 0 Å². The van der Waals surface area contributed by atoms with E-state index < -0.39 is 0 Å². The smallest absolute Gasteiger partial charge is 0.255 e. The van der Waals surface area contributed by atoms with E-state index >= 15 is 0 Å². The average molecular weight is 403 g/mol. The molecule has 0 unspecified atom stereocenters. The van der Waals surface area contributed by atoms with Crippen molar-refractivity contribution in [3.05, 3.63) is 28.2 Å². The van der Waals surface area contributed by atoms with Gasteiger partial charge in [0.25, 0.3) is 5.56 Å². The van der Waals surface area contributed by atoms with Gasteiger partial charge in [-0.15, -0.1) is 0 Å². The van der Waals surface area contributed by atoms with Crippen LogP contribution in [0.3, 0.4) is 0 Å². The van der Waals surface area contributed by atoms with Gasteiger partial charge in [0, 0.05) is 54.5 Å². The summed E-state index contributed by atoms with van der Waals surface area (Å²) in [6.45, 7) is 3.97. The van der Waals surface area contributed by atoms with Crippen LogP contribution in [0.2, 0.25) is 0 Å². The third kappa shape index (κ3) is 4.18. The lowest BCUT2D eigenvalue weighted by Crippen LogP contribution is -2.37. The van der Waals surface area contributed by atoms with Crippen LogP contribution in [0.5, 0.6) is 0 Å². The number of hydrogen-bond donors (Lipinski definition) is 1. The van der Waals surface area contributed by atoms with E-state index in [0.717, 1.165) is 55.4 Å². The monoisotopic (exact) mass is 402 g/mol. The number of pyridine rings is 1. The van der Waals surface area contributed by atoms with Gasteiger partial charge in [0.2, 0.25) is 5.95 Å². The van der Waals surface area contributed by atoms with Crippen molar-refractivity contribution < 1.29 is 0 Å². The molecule has 7 nitrogen and oxygen atoms in total. The molecule has 0 aromatic carbocycles. The Morgan fingerprint density at radius 1 is 1.18 bits per heavy atom. The minimum Gasteiger partial charge on any atom is -0.351 e. The molecule has 2 aliphatic rings. The number of aromatic nitrogens is 3. The van der Waals surface area contributed by atoms with E-state index in [4.69, 9.17) is 4.98 Å². The van der Waals surface area contributed by atoms with E-state index in [2.05, 4.69) is 33.0 Å². The molecule has 2 aromatic rings. The second-order valence-corrected chi connectivity index (χ2v) is 9.56. The predicted octanol–water partition coefficient (Wildman–Crippen LogP) is 3.22. The van der Waals surface area contributed by atoms with Gasteiger partial charge in [-0.25, -0.2) is 13.6 Å². The van der Waals surface area contributed by atoms with Crippen LogP contribution in [0.15, 0.2) is 17.1 Å². The fourth-order valence-corrected chi connectivity index (χ4v) is 5.16. The highest BCUT2D eigenvalue weighted by Gasteiger charge is 2.23. The molecule has 2 fully saturated rings. The van der Waals surface area contributed by atoms with Crippen LogP contribution in [0.1, 0.15) is 50.1 Å². The van der Waals surface area contributed by atoms with Crippen LogP contribution < -0.4 is 10.9 Å². The first kappa shape index (κ1) is 19.7. The molecule has 28 heavy (non-hydrogen) atoms. The molecule has 1 saturated carbocycles. The van der Waals surface area contributed by atoms with Crippen molar-refractivity contribution in [3.63, 3.8) is 0 Å². The van der Waals surface area contributed by atoms with Crippen LogP contribution in [0.4, 0.5) is 5.95 Å². The lowest BCUT2D eigenvalue weighted by molar-refractivity contribution is 0.349. The summed E-state index contributed by atoms with van der Waals surface area (Å²) in [5.41, 5.74) is 1.65. The molecule has 3 heterocycles. The normalized spacial score (nSPS) is 19.7. The molecule has 0 spiro atoms. The van der Waals surface area contributed by atoms with Gasteiger partial charge >= 0.3 is 0 Å². The standard InChI is InChI=1S/C20H30N6OS/c1-14-12-15-13-21-20(22-16-8-10-25(11-9-16)28-24(2)3)23-18(15)26(19(14)27)17-6-4-5-7-17/h12-13,16-17H,4-11H2,1-3H3,(H,21,22,23). The van der Waals surface area contributed by atoms with Crippen LogP contribution in [-0.4, -0.2) is 56.4 Å². The van der Waals surface area contributed by atoms with Gasteiger partial charge in [-0.1, -0.05) is 12.8 Å². The number of anilines is 1. The zero-order valence-electron chi connectivity index (χ0n) is 17.0. The Morgan fingerprint density at radius 2 is 1.89 bits per heavy atom. The highest BCUT2D eigenvalue weighted by molar-refractivity contribution is 7.94. The van der Waals surface area contributed by atoms with Crippen molar-refractivity contribution in [2.45, 2.75) is 57.5 Å². The summed E-state index contributed by atoms with van der Waals surface area (Å²) in [6, 6.07) is 2.56. The van der Waals surface area contributed by atoms with E-state index in [1.54, 1.807) is 12.1 Å². The van der Waals surface area contributed by atoms with E-state index in [-0.39, 0.29) is 11.6 Å². The van der Waals surface area contributed by atoms with E-state index in [0.29, 0.717) is 12.0 Å². The number of fused-ring (bicyclic) bond motifs is 1. The Bertz CT molecular complexity index is 884. The molecule has 1 N–H and O–H groups in total. The maximum Gasteiger partial charge on any atom is 0.255 e. The fraction of sp³-hybridized carbons (Fsp3) is 0.650. The maximum atomic E-state index is 12.9. The molecule has 0 atom stereocenters. The molecule has 1 aliphatic carbocycles. The minimum absolute atomic E-state index is 0.0954. The second-order valence-electron chi connectivity index (χ2n) is 8.15. The minimum atomic E-state index is 0.0954. The highest BCUT2D eigenvalue weighted by atomic mass is 32.2. The number of piperidine rings is 1. The zero-order valence-corrected chi connectivity index (χ0v) is 17.8. The number of aryl methyl sites for hydroxylation is 1. The summed E-state index contributed by atoms with van der Waals surface area (Å²) < 4.78 is 6.45. The molecule has 1 aliphatic heterocycles. The molecule has 0 radical (unpaired) electrons. The lowest BCUT2D eigenvalue weighted by atomic mass is 10.1. The Balaban J connectivity index is 1.55. The summed E-state index contributed by atoms with van der Waals surface area (Å²) in [6.07, 6.45) is 8.48. The number of hydrogen-bond acceptors (Lipinski definition) is 7. The Kier molecular flexibility index (Phi) is 5.89. The maximum absolute atomic E-state index is 12.9. The number of nitrogens with one attached hydrogen (secondary N) is 1. The van der Waals surface area contributed by atoms with Gasteiger partial charge in [-0.05, 0) is 52.8 Å². The Hall–Kier alpha value is -1.64. The van der Waals surface area contributed by atoms with E-state index in [9.17, 15) is 4.79 Å². The van der Waals surface area contributed by atoms with Gasteiger partial charge in [0.1, 0.15) is 5.65 Å². The summed E-state index contributed by atoms with van der Waals surface area (Å²) in [4.78, 5) is 22.2. The summed E-state index contributed by atoms with van der Waals surface area (Å²) in [7, 11) is 4.15. The largest absolute Gasteiger partial charge is 0.351 e. The lowest BCUT2D eigenvalue weighted by Gasteiger charge is -2.32. The van der Waals surface area contributed by atoms with Crippen LogP contribution in [0.25, 0.3) is 11.0 Å². The van der Waals surface area contributed by atoms with Gasteiger partial charge < -0.3 is 5.32 Å².